The van der Waals surface area contributed by atoms with Gasteiger partial charge in [0.25, 0.3) is 0 Å². The van der Waals surface area contributed by atoms with Crippen molar-refractivity contribution in [1.82, 2.24) is 0 Å². The Morgan fingerprint density at radius 2 is 1.27 bits per heavy atom. The van der Waals surface area contributed by atoms with E-state index in [2.05, 4.69) is 47.2 Å². The van der Waals surface area contributed by atoms with Crippen LogP contribution < -0.4 is 0 Å². The molecule has 0 heterocycles. The molecule has 0 bridgehead atoms. The first-order valence-electron chi connectivity index (χ1n) is 9.66. The van der Waals surface area contributed by atoms with Gasteiger partial charge < -0.3 is 4.43 Å². The third-order valence-electron chi connectivity index (χ3n) is 5.01. The van der Waals surface area contributed by atoms with Crippen molar-refractivity contribution in [1.29, 1.82) is 0 Å². The predicted molar refractivity (Wildman–Crippen MR) is 103 cm³/mol. The Kier molecular flexibility index (Phi) is 12.7. The van der Waals surface area contributed by atoms with Crippen LogP contribution in [0.4, 0.5) is 0 Å². The molecule has 0 N–H and O–H groups in total. The smallest absolute Gasteiger partial charge is 0.191 e. The molecule has 0 aromatic rings. The number of rotatable bonds is 14. The van der Waals surface area contributed by atoms with Crippen LogP contribution in [0.1, 0.15) is 98.3 Å². The van der Waals surface area contributed by atoms with Gasteiger partial charge in [0.1, 0.15) is 0 Å². The molecular formula is C20H42OSi. The van der Waals surface area contributed by atoms with Crippen LogP contribution in [0.15, 0.2) is 0 Å². The molecule has 0 unspecified atom stereocenters. The van der Waals surface area contributed by atoms with Crippen LogP contribution in [0.3, 0.4) is 0 Å². The lowest BCUT2D eigenvalue weighted by Gasteiger charge is -2.36. The van der Waals surface area contributed by atoms with Crippen LogP contribution in [-0.4, -0.2) is 14.9 Å². The molecule has 1 nitrogen and oxygen atoms in total. The molecule has 0 aromatic heterocycles. The van der Waals surface area contributed by atoms with Gasteiger partial charge in [0.05, 0.1) is 0 Å². The average molecular weight is 327 g/mol. The fourth-order valence-electron chi connectivity index (χ4n) is 2.28. The van der Waals surface area contributed by atoms with Gasteiger partial charge in [-0.25, -0.2) is 0 Å². The highest BCUT2D eigenvalue weighted by Crippen LogP contribution is 2.36. The van der Waals surface area contributed by atoms with Crippen LogP contribution in [0, 0.1) is 6.42 Å². The molecule has 0 aromatic carbocycles. The lowest BCUT2D eigenvalue weighted by molar-refractivity contribution is 0.289. The molecule has 0 spiro atoms. The van der Waals surface area contributed by atoms with Gasteiger partial charge >= 0.3 is 0 Å². The van der Waals surface area contributed by atoms with E-state index in [4.69, 9.17) is 4.43 Å². The van der Waals surface area contributed by atoms with Gasteiger partial charge in [-0.3, -0.25) is 0 Å². The lowest BCUT2D eigenvalue weighted by Crippen LogP contribution is -2.40. The Balaban J connectivity index is 3.28. The molecule has 0 aliphatic carbocycles. The van der Waals surface area contributed by atoms with Crippen molar-refractivity contribution in [2.75, 3.05) is 6.61 Å². The van der Waals surface area contributed by atoms with E-state index in [9.17, 15) is 0 Å². The molecule has 132 valence electrons. The van der Waals surface area contributed by atoms with E-state index in [0.29, 0.717) is 5.04 Å². The van der Waals surface area contributed by atoms with Crippen molar-refractivity contribution < 1.29 is 4.43 Å². The molecule has 22 heavy (non-hydrogen) atoms. The highest BCUT2D eigenvalue weighted by molar-refractivity contribution is 6.74. The van der Waals surface area contributed by atoms with Gasteiger partial charge in [-0.2, -0.15) is 0 Å². The Labute approximate surface area is 142 Å². The Hall–Kier alpha value is 0.177. The van der Waals surface area contributed by atoms with Crippen LogP contribution in [-0.2, 0) is 4.43 Å². The summed E-state index contributed by atoms with van der Waals surface area (Å²) >= 11 is 0. The highest BCUT2D eigenvalue weighted by Gasteiger charge is 2.36. The second-order valence-electron chi connectivity index (χ2n) is 8.19. The summed E-state index contributed by atoms with van der Waals surface area (Å²) in [6.07, 6.45) is 18.3. The standard InChI is InChI=1S/C20H42OSi/c1-7-8-9-10-11-12-13-14-15-16-17-18-19-21-22(5,6)20(2,3)4/h7-16,18-19H2,1-6H3. The second-order valence-corrected chi connectivity index (χ2v) is 13.0. The first-order valence-corrected chi connectivity index (χ1v) is 12.6. The molecule has 0 aliphatic rings. The second kappa shape index (κ2) is 12.6. The molecule has 0 rings (SSSR count). The summed E-state index contributed by atoms with van der Waals surface area (Å²) in [7, 11) is -1.55. The molecule has 0 amide bonds. The lowest BCUT2D eigenvalue weighted by atomic mass is 10.1. The Bertz CT molecular complexity index is 243. The summed E-state index contributed by atoms with van der Waals surface area (Å²) in [5.74, 6) is 0. The van der Waals surface area contributed by atoms with Crippen molar-refractivity contribution >= 4 is 8.32 Å². The van der Waals surface area contributed by atoms with Gasteiger partial charge in [0.2, 0.25) is 0 Å². The predicted octanol–water partition coefficient (Wildman–Crippen LogP) is 7.40. The van der Waals surface area contributed by atoms with Crippen LogP contribution in [0.25, 0.3) is 0 Å². The van der Waals surface area contributed by atoms with E-state index in [1.54, 1.807) is 0 Å². The van der Waals surface area contributed by atoms with Crippen molar-refractivity contribution in [2.24, 2.45) is 0 Å². The molecule has 0 fully saturated rings. The first-order chi connectivity index (χ1) is 10.3. The summed E-state index contributed by atoms with van der Waals surface area (Å²) in [4.78, 5) is 0. The molecular weight excluding hydrogens is 284 g/mol. The zero-order chi connectivity index (χ0) is 16.9. The quantitative estimate of drug-likeness (QED) is 0.239. The number of hydrogen-bond donors (Lipinski definition) is 0. The zero-order valence-electron chi connectivity index (χ0n) is 16.4. The maximum absolute atomic E-state index is 6.16. The minimum Gasteiger partial charge on any atom is -0.417 e. The minimum absolute atomic E-state index is 0.324. The minimum atomic E-state index is -1.55. The molecule has 2 radical (unpaired) electrons. The van der Waals surface area contributed by atoms with Gasteiger partial charge in [0, 0.05) is 6.61 Å². The van der Waals surface area contributed by atoms with Crippen LogP contribution in [0.5, 0.6) is 0 Å². The summed E-state index contributed by atoms with van der Waals surface area (Å²) in [5, 5.41) is 0.324. The van der Waals surface area contributed by atoms with Crippen LogP contribution in [0.2, 0.25) is 18.1 Å². The van der Waals surface area contributed by atoms with E-state index >= 15 is 0 Å². The van der Waals surface area contributed by atoms with Crippen molar-refractivity contribution in [3.63, 3.8) is 0 Å². The van der Waals surface area contributed by atoms with E-state index in [0.717, 1.165) is 19.4 Å². The summed E-state index contributed by atoms with van der Waals surface area (Å²) in [6.45, 7) is 14.7. The van der Waals surface area contributed by atoms with Crippen molar-refractivity contribution in [2.45, 2.75) is 116 Å². The van der Waals surface area contributed by atoms with Crippen molar-refractivity contribution in [3.05, 3.63) is 6.42 Å². The Morgan fingerprint density at radius 3 is 1.77 bits per heavy atom. The SMILES string of the molecule is CCCCCCCCCCC[C]CCO[Si](C)(C)C(C)(C)C. The van der Waals surface area contributed by atoms with E-state index in [-0.39, 0.29) is 0 Å². The van der Waals surface area contributed by atoms with Gasteiger partial charge in [0.15, 0.2) is 8.32 Å². The maximum Gasteiger partial charge on any atom is 0.191 e. The zero-order valence-corrected chi connectivity index (χ0v) is 17.4. The first kappa shape index (κ1) is 22.2. The fourth-order valence-corrected chi connectivity index (χ4v) is 3.33. The summed E-state index contributed by atoms with van der Waals surface area (Å²) in [5.41, 5.74) is 0. The summed E-state index contributed by atoms with van der Waals surface area (Å²) < 4.78 is 6.16. The number of hydrogen-bond acceptors (Lipinski definition) is 1. The van der Waals surface area contributed by atoms with Crippen LogP contribution >= 0.6 is 0 Å². The largest absolute Gasteiger partial charge is 0.417 e. The summed E-state index contributed by atoms with van der Waals surface area (Å²) in [6, 6.07) is 0. The van der Waals surface area contributed by atoms with Gasteiger partial charge in [-0.05, 0) is 37.4 Å². The van der Waals surface area contributed by atoms with E-state index in [1.807, 2.05) is 0 Å². The third-order valence-corrected chi connectivity index (χ3v) is 9.54. The van der Waals surface area contributed by atoms with E-state index < -0.39 is 8.32 Å². The molecule has 0 saturated carbocycles. The third kappa shape index (κ3) is 11.7. The highest BCUT2D eigenvalue weighted by atomic mass is 28.4. The average Bonchev–Trinajstić information content (AvgIpc) is 2.42. The molecule has 0 atom stereocenters. The molecule has 0 aliphatic heterocycles. The Morgan fingerprint density at radius 1 is 0.773 bits per heavy atom. The molecule has 0 saturated heterocycles. The molecule has 2 heteroatoms. The topological polar surface area (TPSA) is 9.23 Å². The maximum atomic E-state index is 6.16. The monoisotopic (exact) mass is 326 g/mol. The van der Waals surface area contributed by atoms with Gasteiger partial charge in [-0.1, -0.05) is 85.5 Å². The normalized spacial score (nSPS) is 12.8. The fraction of sp³-hybridized carbons (Fsp3) is 0.950. The van der Waals surface area contributed by atoms with Crippen molar-refractivity contribution in [3.8, 4) is 0 Å². The van der Waals surface area contributed by atoms with Gasteiger partial charge in [-0.15, -0.1) is 0 Å². The number of unbranched alkanes of at least 4 members (excludes halogenated alkanes) is 11. The van der Waals surface area contributed by atoms with E-state index in [1.165, 1.54) is 57.8 Å².